The van der Waals surface area contributed by atoms with Gasteiger partial charge in [0.1, 0.15) is 5.58 Å². The minimum atomic E-state index is 0.867. The fourth-order valence-electron chi connectivity index (χ4n) is 8.27. The summed E-state index contributed by atoms with van der Waals surface area (Å²) in [6, 6.07) is 69.8. The van der Waals surface area contributed by atoms with E-state index in [1.807, 2.05) is 6.07 Å². The van der Waals surface area contributed by atoms with Crippen molar-refractivity contribution >= 4 is 54.8 Å². The molecule has 0 fully saturated rings. The van der Waals surface area contributed by atoms with Gasteiger partial charge < -0.3 is 8.98 Å². The summed E-state index contributed by atoms with van der Waals surface area (Å²) in [4.78, 5) is 0. The van der Waals surface area contributed by atoms with E-state index in [1.165, 1.54) is 55.0 Å². The summed E-state index contributed by atoms with van der Waals surface area (Å²) in [6.07, 6.45) is 0. The van der Waals surface area contributed by atoms with Crippen LogP contribution in [0.2, 0.25) is 0 Å². The molecular weight excluding hydrogens is 645 g/mol. The van der Waals surface area contributed by atoms with Gasteiger partial charge in [-0.2, -0.15) is 0 Å². The second kappa shape index (κ2) is 11.7. The number of hydrogen-bond acceptors (Lipinski definition) is 1. The quantitative estimate of drug-likeness (QED) is 0.178. The van der Waals surface area contributed by atoms with Crippen LogP contribution in [0.4, 0.5) is 0 Å². The van der Waals surface area contributed by atoms with E-state index >= 15 is 0 Å². The number of benzene rings is 8. The Morgan fingerprint density at radius 1 is 0.302 bits per heavy atom. The molecule has 0 aliphatic heterocycles. The summed E-state index contributed by atoms with van der Waals surface area (Å²) in [5, 5.41) is 5.93. The van der Waals surface area contributed by atoms with E-state index in [2.05, 4.69) is 197 Å². The van der Waals surface area contributed by atoms with Crippen molar-refractivity contribution in [3.05, 3.63) is 194 Å². The molecule has 0 bridgehead atoms. The standard InChI is InChI=1S/C50H32N2O/c1-4-14-33(15-5-1)36-28-37(34-24-26-46-43(31-34)41-20-10-12-22-45(41)51(46)39-16-6-2-7-17-39)30-38(29-36)35-25-27-47-44(32-35)49-42-21-11-13-23-48(42)53-50(49)52(47)40-18-8-3-9-19-40/h1-32H. The van der Waals surface area contributed by atoms with E-state index in [9.17, 15) is 0 Å². The smallest absolute Gasteiger partial charge is 0.213 e. The molecule has 0 aliphatic rings. The first-order valence-corrected chi connectivity index (χ1v) is 18.1. The average molecular weight is 677 g/mol. The molecule has 0 atom stereocenters. The lowest BCUT2D eigenvalue weighted by Crippen LogP contribution is -1.93. The van der Waals surface area contributed by atoms with E-state index in [0.717, 1.165) is 44.5 Å². The van der Waals surface area contributed by atoms with Gasteiger partial charge in [-0.3, -0.25) is 4.57 Å². The van der Waals surface area contributed by atoms with Crippen molar-refractivity contribution < 1.29 is 4.42 Å². The van der Waals surface area contributed by atoms with Crippen LogP contribution in [0.1, 0.15) is 0 Å². The molecule has 3 heteroatoms. The highest BCUT2D eigenvalue weighted by molar-refractivity contribution is 6.20. The molecule has 0 spiro atoms. The number of nitrogens with zero attached hydrogens (tertiary/aromatic N) is 2. The van der Waals surface area contributed by atoms with Crippen LogP contribution in [-0.4, -0.2) is 9.13 Å². The summed E-state index contributed by atoms with van der Waals surface area (Å²) < 4.78 is 11.2. The normalized spacial score (nSPS) is 11.8. The highest BCUT2D eigenvalue weighted by Crippen LogP contribution is 2.42. The summed E-state index contributed by atoms with van der Waals surface area (Å²) in [6.45, 7) is 0. The van der Waals surface area contributed by atoms with Gasteiger partial charge in [0.05, 0.1) is 21.9 Å². The fraction of sp³-hybridized carbons (Fsp3) is 0. The molecule has 0 unspecified atom stereocenters. The molecule has 3 nitrogen and oxygen atoms in total. The summed E-state index contributed by atoms with van der Waals surface area (Å²) in [5.74, 6) is 0. The Morgan fingerprint density at radius 2 is 0.792 bits per heavy atom. The Balaban J connectivity index is 1.14. The molecule has 0 radical (unpaired) electrons. The predicted molar refractivity (Wildman–Crippen MR) is 221 cm³/mol. The Morgan fingerprint density at radius 3 is 1.47 bits per heavy atom. The molecule has 11 aromatic rings. The van der Waals surface area contributed by atoms with Gasteiger partial charge in [0.2, 0.25) is 5.71 Å². The van der Waals surface area contributed by atoms with E-state index < -0.39 is 0 Å². The number of rotatable bonds is 5. The zero-order valence-corrected chi connectivity index (χ0v) is 28.8. The minimum Gasteiger partial charge on any atom is -0.439 e. The lowest BCUT2D eigenvalue weighted by molar-refractivity contribution is 0.645. The van der Waals surface area contributed by atoms with Crippen LogP contribution in [0.5, 0.6) is 0 Å². The third-order valence-electron chi connectivity index (χ3n) is 10.7. The van der Waals surface area contributed by atoms with Crippen LogP contribution in [0.15, 0.2) is 199 Å². The van der Waals surface area contributed by atoms with Gasteiger partial charge in [-0.05, 0) is 112 Å². The largest absolute Gasteiger partial charge is 0.439 e. The lowest BCUT2D eigenvalue weighted by Gasteiger charge is -2.13. The molecular formula is C50H32N2O. The van der Waals surface area contributed by atoms with E-state index in [0.29, 0.717) is 0 Å². The topological polar surface area (TPSA) is 23.0 Å². The van der Waals surface area contributed by atoms with E-state index in [4.69, 9.17) is 4.42 Å². The molecule has 0 amide bonds. The van der Waals surface area contributed by atoms with Crippen LogP contribution >= 0.6 is 0 Å². The number of fused-ring (bicyclic) bond motifs is 8. The Kier molecular flexibility index (Phi) is 6.55. The molecule has 248 valence electrons. The number of furan rings is 1. The van der Waals surface area contributed by atoms with E-state index in [-0.39, 0.29) is 0 Å². The highest BCUT2D eigenvalue weighted by atomic mass is 16.3. The minimum absolute atomic E-state index is 0.867. The predicted octanol–water partition coefficient (Wildman–Crippen LogP) is 13.6. The fourth-order valence-corrected chi connectivity index (χ4v) is 8.27. The second-order valence-corrected chi connectivity index (χ2v) is 13.8. The maximum absolute atomic E-state index is 6.58. The van der Waals surface area contributed by atoms with Gasteiger partial charge in [-0.15, -0.1) is 0 Å². The Bertz CT molecular complexity index is 3150. The van der Waals surface area contributed by atoms with Gasteiger partial charge in [-0.1, -0.05) is 115 Å². The van der Waals surface area contributed by atoms with Crippen LogP contribution in [-0.2, 0) is 0 Å². The maximum Gasteiger partial charge on any atom is 0.213 e. The summed E-state index contributed by atoms with van der Waals surface area (Å²) in [5.41, 5.74) is 14.6. The summed E-state index contributed by atoms with van der Waals surface area (Å²) >= 11 is 0. The third kappa shape index (κ3) is 4.68. The molecule has 0 N–H and O–H groups in total. The lowest BCUT2D eigenvalue weighted by atomic mass is 9.92. The molecule has 0 aliphatic carbocycles. The monoisotopic (exact) mass is 676 g/mol. The Hall–Kier alpha value is -7.10. The average Bonchev–Trinajstić information content (AvgIpc) is 3.88. The van der Waals surface area contributed by atoms with Gasteiger partial charge in [0.15, 0.2) is 0 Å². The van der Waals surface area contributed by atoms with Gasteiger partial charge in [-0.25, -0.2) is 0 Å². The number of hydrogen-bond donors (Lipinski definition) is 0. The second-order valence-electron chi connectivity index (χ2n) is 13.8. The number of para-hydroxylation sites is 4. The molecule has 3 aromatic heterocycles. The van der Waals surface area contributed by atoms with Gasteiger partial charge in [0, 0.05) is 32.9 Å². The zero-order chi connectivity index (χ0) is 34.9. The molecule has 0 saturated carbocycles. The molecule has 0 saturated heterocycles. The maximum atomic E-state index is 6.58. The first-order valence-electron chi connectivity index (χ1n) is 18.1. The van der Waals surface area contributed by atoms with E-state index in [1.54, 1.807) is 0 Å². The third-order valence-corrected chi connectivity index (χ3v) is 10.7. The van der Waals surface area contributed by atoms with Gasteiger partial charge >= 0.3 is 0 Å². The van der Waals surface area contributed by atoms with Crippen LogP contribution in [0, 0.1) is 0 Å². The highest BCUT2D eigenvalue weighted by Gasteiger charge is 2.20. The summed E-state index contributed by atoms with van der Waals surface area (Å²) in [7, 11) is 0. The van der Waals surface area contributed by atoms with Crippen LogP contribution in [0.3, 0.4) is 0 Å². The first kappa shape index (κ1) is 29.6. The van der Waals surface area contributed by atoms with Gasteiger partial charge in [0.25, 0.3) is 0 Å². The van der Waals surface area contributed by atoms with Crippen molar-refractivity contribution in [2.75, 3.05) is 0 Å². The van der Waals surface area contributed by atoms with Crippen molar-refractivity contribution in [1.82, 2.24) is 9.13 Å². The van der Waals surface area contributed by atoms with Crippen LogP contribution < -0.4 is 0 Å². The zero-order valence-electron chi connectivity index (χ0n) is 28.8. The van der Waals surface area contributed by atoms with Crippen molar-refractivity contribution in [1.29, 1.82) is 0 Å². The molecule has 8 aromatic carbocycles. The van der Waals surface area contributed by atoms with Crippen molar-refractivity contribution in [2.45, 2.75) is 0 Å². The Labute approximate surface area is 306 Å². The van der Waals surface area contributed by atoms with Crippen molar-refractivity contribution in [2.24, 2.45) is 0 Å². The molecule has 53 heavy (non-hydrogen) atoms. The molecule has 3 heterocycles. The number of aromatic nitrogens is 2. The molecule has 11 rings (SSSR count). The van der Waals surface area contributed by atoms with Crippen LogP contribution in [0.25, 0.3) is 99.5 Å². The first-order chi connectivity index (χ1) is 26.3. The SMILES string of the molecule is c1ccc(-c2cc(-c3ccc4c(c3)c3ccccc3n4-c3ccccc3)cc(-c3ccc4c(c3)c3c5ccccc5oc3n4-c3ccccc3)c2)cc1. The van der Waals surface area contributed by atoms with Crippen molar-refractivity contribution in [3.8, 4) is 44.8 Å². The van der Waals surface area contributed by atoms with Crippen molar-refractivity contribution in [3.63, 3.8) is 0 Å².